The Bertz CT molecular complexity index is 732. The largest absolute Gasteiger partial charge is 0.338 e. The van der Waals surface area contributed by atoms with E-state index in [-0.39, 0.29) is 11.7 Å². The van der Waals surface area contributed by atoms with Gasteiger partial charge in [0, 0.05) is 19.3 Å². The normalized spacial score (nSPS) is 17.3. The highest BCUT2D eigenvalue weighted by molar-refractivity contribution is 5.95. The number of carbonyl (C=O) groups excluding carboxylic acids is 1. The number of hydrogen-bond donors (Lipinski definition) is 0. The minimum atomic E-state index is -0.198. The second kappa shape index (κ2) is 8.88. The zero-order valence-corrected chi connectivity index (χ0v) is 15.3. The van der Waals surface area contributed by atoms with Gasteiger partial charge in [-0.25, -0.2) is 14.4 Å². The number of hydrogen-bond acceptors (Lipinski definition) is 3. The highest BCUT2D eigenvalue weighted by Gasteiger charge is 2.26. The molecule has 138 valence electrons. The molecule has 0 aliphatic carbocycles. The number of likely N-dealkylation sites (tertiary alicyclic amines) is 1. The van der Waals surface area contributed by atoms with E-state index >= 15 is 0 Å². The highest BCUT2D eigenvalue weighted by Crippen LogP contribution is 2.23. The minimum Gasteiger partial charge on any atom is -0.338 e. The Hall–Kier alpha value is -2.30. The van der Waals surface area contributed by atoms with Crippen molar-refractivity contribution in [3.63, 3.8) is 0 Å². The maximum Gasteiger partial charge on any atom is 0.257 e. The van der Waals surface area contributed by atoms with Gasteiger partial charge in [-0.05, 0) is 55.7 Å². The summed E-state index contributed by atoms with van der Waals surface area (Å²) in [5.41, 5.74) is 2.64. The van der Waals surface area contributed by atoms with Crippen LogP contribution in [0.5, 0.6) is 0 Å². The molecule has 1 aliphatic heterocycles. The van der Waals surface area contributed by atoms with Crippen molar-refractivity contribution in [1.29, 1.82) is 0 Å². The number of aromatic nitrogens is 2. The summed E-state index contributed by atoms with van der Waals surface area (Å²) in [5, 5.41) is 0. The first kappa shape index (κ1) is 18.5. The maximum atomic E-state index is 13.0. The molecule has 5 heteroatoms. The van der Waals surface area contributed by atoms with E-state index in [9.17, 15) is 9.18 Å². The van der Waals surface area contributed by atoms with Crippen LogP contribution in [0.25, 0.3) is 0 Å². The Kier molecular flexibility index (Phi) is 6.31. The van der Waals surface area contributed by atoms with Gasteiger partial charge in [-0.2, -0.15) is 0 Å². The molecule has 1 aliphatic rings. The first-order valence-corrected chi connectivity index (χ1v) is 9.50. The van der Waals surface area contributed by atoms with Crippen LogP contribution in [-0.4, -0.2) is 33.9 Å². The Morgan fingerprint density at radius 3 is 2.85 bits per heavy atom. The highest BCUT2D eigenvalue weighted by atomic mass is 19.1. The van der Waals surface area contributed by atoms with Gasteiger partial charge in [-0.3, -0.25) is 4.79 Å². The predicted octanol–water partition coefficient (Wildman–Crippen LogP) is 4.05. The molecular formula is C21H26FN3O. The van der Waals surface area contributed by atoms with Crippen LogP contribution in [-0.2, 0) is 12.8 Å². The molecule has 0 N–H and O–H groups in total. The predicted molar refractivity (Wildman–Crippen MR) is 99.4 cm³/mol. The molecule has 1 atom stereocenters. The second-order valence-corrected chi connectivity index (χ2v) is 7.06. The van der Waals surface area contributed by atoms with Gasteiger partial charge >= 0.3 is 0 Å². The summed E-state index contributed by atoms with van der Waals surface area (Å²) < 4.78 is 13.0. The zero-order valence-electron chi connectivity index (χ0n) is 15.3. The molecule has 0 spiro atoms. The second-order valence-electron chi connectivity index (χ2n) is 7.06. The van der Waals surface area contributed by atoms with Crippen molar-refractivity contribution in [1.82, 2.24) is 14.9 Å². The molecule has 0 unspecified atom stereocenters. The molecule has 2 aromatic rings. The summed E-state index contributed by atoms with van der Waals surface area (Å²) in [6.07, 6.45) is 9.02. The van der Waals surface area contributed by atoms with Crippen LogP contribution >= 0.6 is 0 Å². The Morgan fingerprint density at radius 1 is 1.27 bits per heavy atom. The summed E-state index contributed by atoms with van der Waals surface area (Å²) in [5.74, 6) is 0.341. The summed E-state index contributed by atoms with van der Waals surface area (Å²) in [6, 6.07) is 6.71. The molecule has 1 aromatic carbocycles. The van der Waals surface area contributed by atoms with Gasteiger partial charge in [0.15, 0.2) is 0 Å². The van der Waals surface area contributed by atoms with Crippen LogP contribution in [0.4, 0.5) is 4.39 Å². The molecule has 26 heavy (non-hydrogen) atoms. The van der Waals surface area contributed by atoms with Crippen LogP contribution in [0.3, 0.4) is 0 Å². The Labute approximate surface area is 154 Å². The van der Waals surface area contributed by atoms with Crippen molar-refractivity contribution >= 4 is 5.91 Å². The molecule has 1 saturated heterocycles. The molecule has 3 rings (SSSR count). The first-order valence-electron chi connectivity index (χ1n) is 9.50. The Morgan fingerprint density at radius 2 is 2.08 bits per heavy atom. The van der Waals surface area contributed by atoms with Gasteiger partial charge in [-0.15, -0.1) is 0 Å². The van der Waals surface area contributed by atoms with Gasteiger partial charge in [0.05, 0.1) is 11.3 Å². The molecule has 1 amide bonds. The van der Waals surface area contributed by atoms with Gasteiger partial charge < -0.3 is 4.90 Å². The van der Waals surface area contributed by atoms with E-state index in [1.165, 1.54) is 18.5 Å². The van der Waals surface area contributed by atoms with Crippen LogP contribution in [0.1, 0.15) is 54.2 Å². The van der Waals surface area contributed by atoms with Crippen molar-refractivity contribution in [3.8, 4) is 0 Å². The number of rotatable bonds is 6. The molecule has 1 fully saturated rings. The summed E-state index contributed by atoms with van der Waals surface area (Å²) >= 11 is 0. The lowest BCUT2D eigenvalue weighted by Gasteiger charge is -2.33. The monoisotopic (exact) mass is 355 g/mol. The topological polar surface area (TPSA) is 46.1 Å². The smallest absolute Gasteiger partial charge is 0.257 e. The number of halogens is 1. The Balaban J connectivity index is 1.61. The third-order valence-electron chi connectivity index (χ3n) is 5.07. The van der Waals surface area contributed by atoms with Gasteiger partial charge in [0.1, 0.15) is 12.1 Å². The quantitative estimate of drug-likeness (QED) is 0.785. The SMILES string of the molecule is CCCc1ncncc1C(=O)N1CCC[C@H](CCc2ccc(F)cc2)C1. The number of aryl methyl sites for hydroxylation is 2. The fourth-order valence-corrected chi connectivity index (χ4v) is 3.65. The summed E-state index contributed by atoms with van der Waals surface area (Å²) in [6.45, 7) is 3.66. The number of benzene rings is 1. The van der Waals surface area contributed by atoms with E-state index in [0.717, 1.165) is 62.9 Å². The lowest BCUT2D eigenvalue weighted by Crippen LogP contribution is -2.40. The summed E-state index contributed by atoms with van der Waals surface area (Å²) in [7, 11) is 0. The van der Waals surface area contributed by atoms with Crippen LogP contribution in [0.2, 0.25) is 0 Å². The lowest BCUT2D eigenvalue weighted by molar-refractivity contribution is 0.0666. The molecular weight excluding hydrogens is 329 g/mol. The molecule has 0 radical (unpaired) electrons. The van der Waals surface area contributed by atoms with Crippen molar-refractivity contribution < 1.29 is 9.18 Å². The van der Waals surface area contributed by atoms with E-state index in [2.05, 4.69) is 16.9 Å². The average Bonchev–Trinajstić information content (AvgIpc) is 2.68. The maximum absolute atomic E-state index is 13.0. The van der Waals surface area contributed by atoms with Crippen LogP contribution < -0.4 is 0 Å². The van der Waals surface area contributed by atoms with E-state index in [1.54, 1.807) is 6.20 Å². The third kappa shape index (κ3) is 4.65. The van der Waals surface area contributed by atoms with Crippen molar-refractivity contribution in [2.45, 2.75) is 45.4 Å². The standard InChI is InChI=1S/C21H26FN3O/c1-2-4-20-19(13-23-15-24-20)21(26)25-12-3-5-17(14-25)7-6-16-8-10-18(22)11-9-16/h8-11,13,15,17H,2-7,12,14H2,1H3/t17-/m1/s1. The zero-order chi connectivity index (χ0) is 18.4. The first-order chi connectivity index (χ1) is 12.7. The number of amides is 1. The molecule has 1 aromatic heterocycles. The molecule has 2 heterocycles. The molecule has 4 nitrogen and oxygen atoms in total. The third-order valence-corrected chi connectivity index (χ3v) is 5.07. The van der Waals surface area contributed by atoms with E-state index in [0.29, 0.717) is 11.5 Å². The average molecular weight is 355 g/mol. The van der Waals surface area contributed by atoms with Crippen LogP contribution in [0, 0.1) is 11.7 Å². The van der Waals surface area contributed by atoms with Gasteiger partial charge in [0.2, 0.25) is 0 Å². The minimum absolute atomic E-state index is 0.0560. The molecule has 0 bridgehead atoms. The number of piperidine rings is 1. The van der Waals surface area contributed by atoms with Crippen molar-refractivity contribution in [3.05, 3.63) is 59.4 Å². The fourth-order valence-electron chi connectivity index (χ4n) is 3.65. The lowest BCUT2D eigenvalue weighted by atomic mass is 9.91. The van der Waals surface area contributed by atoms with E-state index in [4.69, 9.17) is 0 Å². The van der Waals surface area contributed by atoms with Crippen molar-refractivity contribution in [2.75, 3.05) is 13.1 Å². The number of nitrogens with zero attached hydrogens (tertiary/aromatic N) is 3. The number of carbonyl (C=O) groups is 1. The summed E-state index contributed by atoms with van der Waals surface area (Å²) in [4.78, 5) is 23.3. The van der Waals surface area contributed by atoms with E-state index < -0.39 is 0 Å². The van der Waals surface area contributed by atoms with Gasteiger partial charge in [-0.1, -0.05) is 25.5 Å². The van der Waals surface area contributed by atoms with Crippen molar-refractivity contribution in [2.24, 2.45) is 5.92 Å². The fraction of sp³-hybridized carbons (Fsp3) is 0.476. The molecule has 0 saturated carbocycles. The van der Waals surface area contributed by atoms with Crippen LogP contribution in [0.15, 0.2) is 36.8 Å². The van der Waals surface area contributed by atoms with E-state index in [1.807, 2.05) is 17.0 Å². The van der Waals surface area contributed by atoms with Gasteiger partial charge in [0.25, 0.3) is 5.91 Å².